The van der Waals surface area contributed by atoms with E-state index in [9.17, 15) is 5.11 Å². The van der Waals surface area contributed by atoms with Gasteiger partial charge in [-0.15, -0.1) is 0 Å². The highest BCUT2D eigenvalue weighted by molar-refractivity contribution is 5.59. The molecule has 0 bridgehead atoms. The molecule has 0 saturated heterocycles. The highest BCUT2D eigenvalue weighted by atomic mass is 16.3. The summed E-state index contributed by atoms with van der Waals surface area (Å²) in [6.45, 7) is 11.2. The third kappa shape index (κ3) is 3.60. The number of aryl methyl sites for hydroxylation is 1. The molecule has 0 aliphatic rings. The van der Waals surface area contributed by atoms with Crippen molar-refractivity contribution in [3.05, 3.63) is 11.4 Å². The van der Waals surface area contributed by atoms with Gasteiger partial charge in [0.25, 0.3) is 0 Å². The fraction of sp³-hybridized carbons (Fsp3) is 0.733. The topological polar surface area (TPSA) is 61.3 Å². The van der Waals surface area contributed by atoms with Crippen molar-refractivity contribution in [2.24, 2.45) is 0 Å². The Labute approximate surface area is 122 Å². The number of anilines is 2. The number of nitrogens with one attached hydrogen (secondary N) is 1. The number of aromatic nitrogens is 2. The van der Waals surface area contributed by atoms with E-state index in [1.807, 2.05) is 32.7 Å². The zero-order valence-electron chi connectivity index (χ0n) is 13.6. The zero-order chi connectivity index (χ0) is 15.3. The fourth-order valence-electron chi connectivity index (χ4n) is 1.84. The minimum absolute atomic E-state index is 0.0755. The Bertz CT molecular complexity index is 446. The summed E-state index contributed by atoms with van der Waals surface area (Å²) in [5.41, 5.74) is 0.672. The lowest BCUT2D eigenvalue weighted by Crippen LogP contribution is -2.45. The largest absolute Gasteiger partial charge is 0.394 e. The monoisotopic (exact) mass is 280 g/mol. The van der Waals surface area contributed by atoms with E-state index in [0.29, 0.717) is 0 Å². The lowest BCUT2D eigenvalue weighted by molar-refractivity contribution is 0.215. The van der Waals surface area contributed by atoms with Gasteiger partial charge in [0.2, 0.25) is 0 Å². The number of hydrogen-bond donors (Lipinski definition) is 2. The summed E-state index contributed by atoms with van der Waals surface area (Å²) in [5, 5.41) is 12.9. The van der Waals surface area contributed by atoms with Gasteiger partial charge in [-0.2, -0.15) is 0 Å². The van der Waals surface area contributed by atoms with Crippen LogP contribution >= 0.6 is 0 Å². The van der Waals surface area contributed by atoms with E-state index in [1.165, 1.54) is 0 Å². The van der Waals surface area contributed by atoms with Gasteiger partial charge < -0.3 is 15.3 Å². The van der Waals surface area contributed by atoms with Crippen molar-refractivity contribution in [1.29, 1.82) is 0 Å². The van der Waals surface area contributed by atoms with Gasteiger partial charge in [0.05, 0.1) is 12.1 Å². The molecule has 0 aromatic carbocycles. The van der Waals surface area contributed by atoms with Crippen LogP contribution in [0.25, 0.3) is 0 Å². The number of aliphatic hydroxyl groups excluding tert-OH is 1. The molecule has 0 aliphatic carbocycles. The molecule has 2 N–H and O–H groups in total. The number of likely N-dealkylation sites (N-methyl/N-ethyl adjacent to an activating group) is 1. The molecule has 0 unspecified atom stereocenters. The first-order chi connectivity index (χ1) is 9.37. The molecule has 0 amide bonds. The van der Waals surface area contributed by atoms with Gasteiger partial charge in [0, 0.05) is 25.6 Å². The number of nitrogens with zero attached hydrogens (tertiary/aromatic N) is 3. The summed E-state index contributed by atoms with van der Waals surface area (Å²) in [5.74, 6) is 2.61. The van der Waals surface area contributed by atoms with Crippen LogP contribution in [-0.4, -0.2) is 40.8 Å². The average Bonchev–Trinajstić information content (AvgIpc) is 2.45. The molecule has 114 valence electrons. The van der Waals surface area contributed by atoms with Gasteiger partial charge in [-0.05, 0) is 27.2 Å². The molecule has 0 spiro atoms. The second-order valence-corrected chi connectivity index (χ2v) is 5.75. The first-order valence-corrected chi connectivity index (χ1v) is 7.33. The van der Waals surface area contributed by atoms with Crippen LogP contribution in [0.5, 0.6) is 0 Å². The summed E-state index contributed by atoms with van der Waals surface area (Å²) in [6, 6.07) is 0. The van der Waals surface area contributed by atoms with Crippen LogP contribution in [0.15, 0.2) is 0 Å². The lowest BCUT2D eigenvalue weighted by Gasteiger charge is -2.36. The second-order valence-electron chi connectivity index (χ2n) is 5.75. The van der Waals surface area contributed by atoms with Crippen molar-refractivity contribution in [2.75, 3.05) is 30.4 Å². The summed E-state index contributed by atoms with van der Waals surface area (Å²) >= 11 is 0. The molecule has 0 radical (unpaired) electrons. The van der Waals surface area contributed by atoms with Crippen LogP contribution in [0, 0.1) is 6.92 Å². The maximum Gasteiger partial charge on any atom is 0.137 e. The fourth-order valence-corrected chi connectivity index (χ4v) is 1.84. The van der Waals surface area contributed by atoms with Crippen molar-refractivity contribution < 1.29 is 5.11 Å². The van der Waals surface area contributed by atoms with Crippen molar-refractivity contribution in [2.45, 2.75) is 53.0 Å². The van der Waals surface area contributed by atoms with Gasteiger partial charge in [0.1, 0.15) is 17.5 Å². The van der Waals surface area contributed by atoms with E-state index in [1.54, 1.807) is 0 Å². The predicted octanol–water partition coefficient (Wildman–Crippen LogP) is 2.38. The molecule has 1 rings (SSSR count). The standard InChI is InChI=1S/C15H28N4O/c1-7-9-16-13-11(3)14(18-12(8-2)17-13)19(6)15(4,5)10-20/h20H,7-10H2,1-6H3,(H,16,17,18). The molecule has 5 nitrogen and oxygen atoms in total. The number of aliphatic hydroxyl groups is 1. The van der Waals surface area contributed by atoms with E-state index < -0.39 is 0 Å². The molecule has 0 fully saturated rings. The molecule has 1 heterocycles. The molecule has 1 aromatic heterocycles. The Balaban J connectivity index is 3.24. The summed E-state index contributed by atoms with van der Waals surface area (Å²) in [4.78, 5) is 11.2. The predicted molar refractivity (Wildman–Crippen MR) is 84.5 cm³/mol. The molecule has 0 atom stereocenters. The van der Waals surface area contributed by atoms with E-state index in [2.05, 4.69) is 29.1 Å². The Morgan fingerprint density at radius 3 is 2.40 bits per heavy atom. The molecular formula is C15H28N4O. The molecular weight excluding hydrogens is 252 g/mol. The molecule has 20 heavy (non-hydrogen) atoms. The highest BCUT2D eigenvalue weighted by Gasteiger charge is 2.26. The number of rotatable bonds is 7. The second kappa shape index (κ2) is 6.88. The average molecular weight is 280 g/mol. The third-order valence-corrected chi connectivity index (χ3v) is 3.64. The summed E-state index contributed by atoms with van der Waals surface area (Å²) in [6.07, 6.45) is 1.85. The molecule has 0 saturated carbocycles. The van der Waals surface area contributed by atoms with Crippen LogP contribution in [0.4, 0.5) is 11.6 Å². The Kier molecular flexibility index (Phi) is 5.74. The van der Waals surface area contributed by atoms with Crippen LogP contribution in [0.1, 0.15) is 45.5 Å². The molecule has 1 aromatic rings. The molecule has 0 aliphatic heterocycles. The Morgan fingerprint density at radius 1 is 1.25 bits per heavy atom. The minimum atomic E-state index is -0.355. The van der Waals surface area contributed by atoms with E-state index in [-0.39, 0.29) is 12.1 Å². The zero-order valence-corrected chi connectivity index (χ0v) is 13.6. The third-order valence-electron chi connectivity index (χ3n) is 3.64. The quantitative estimate of drug-likeness (QED) is 0.803. The van der Waals surface area contributed by atoms with Gasteiger partial charge in [0.15, 0.2) is 0 Å². The van der Waals surface area contributed by atoms with E-state index in [4.69, 9.17) is 0 Å². The first kappa shape index (κ1) is 16.7. The van der Waals surface area contributed by atoms with Gasteiger partial charge in [-0.3, -0.25) is 0 Å². The summed E-state index contributed by atoms with van der Waals surface area (Å²) < 4.78 is 0. The van der Waals surface area contributed by atoms with Gasteiger partial charge in [-0.25, -0.2) is 9.97 Å². The SMILES string of the molecule is CCCNc1nc(CC)nc(N(C)C(C)(C)CO)c1C. The highest BCUT2D eigenvalue weighted by Crippen LogP contribution is 2.27. The van der Waals surface area contributed by atoms with Crippen molar-refractivity contribution in [3.63, 3.8) is 0 Å². The van der Waals surface area contributed by atoms with Crippen molar-refractivity contribution in [1.82, 2.24) is 9.97 Å². The maximum absolute atomic E-state index is 9.55. The van der Waals surface area contributed by atoms with E-state index >= 15 is 0 Å². The van der Waals surface area contributed by atoms with Crippen molar-refractivity contribution in [3.8, 4) is 0 Å². The summed E-state index contributed by atoms with van der Waals surface area (Å²) in [7, 11) is 1.97. The first-order valence-electron chi connectivity index (χ1n) is 7.33. The maximum atomic E-state index is 9.55. The Hall–Kier alpha value is -1.36. The van der Waals surface area contributed by atoms with Crippen molar-refractivity contribution >= 4 is 11.6 Å². The smallest absolute Gasteiger partial charge is 0.137 e. The van der Waals surface area contributed by atoms with Crippen LogP contribution in [0.2, 0.25) is 0 Å². The van der Waals surface area contributed by atoms with Crippen LogP contribution in [-0.2, 0) is 6.42 Å². The Morgan fingerprint density at radius 2 is 1.90 bits per heavy atom. The lowest BCUT2D eigenvalue weighted by atomic mass is 10.0. The van der Waals surface area contributed by atoms with Crippen LogP contribution < -0.4 is 10.2 Å². The van der Waals surface area contributed by atoms with Gasteiger partial charge >= 0.3 is 0 Å². The normalized spacial score (nSPS) is 11.6. The van der Waals surface area contributed by atoms with Crippen LogP contribution in [0.3, 0.4) is 0 Å². The minimum Gasteiger partial charge on any atom is -0.394 e. The number of hydrogen-bond acceptors (Lipinski definition) is 5. The molecule has 5 heteroatoms. The van der Waals surface area contributed by atoms with E-state index in [0.717, 1.165) is 42.4 Å². The van der Waals surface area contributed by atoms with Gasteiger partial charge in [-0.1, -0.05) is 13.8 Å².